The topological polar surface area (TPSA) is 35.2 Å². The molecule has 1 unspecified atom stereocenters. The lowest BCUT2D eigenvalue weighted by molar-refractivity contribution is 0.221. The van der Waals surface area contributed by atoms with E-state index in [1.165, 1.54) is 11.1 Å². The Morgan fingerprint density at radius 1 is 1.27 bits per heavy atom. The van der Waals surface area contributed by atoms with Gasteiger partial charge in [-0.3, -0.25) is 0 Å². The third-order valence-corrected chi connectivity index (χ3v) is 2.80. The van der Waals surface area contributed by atoms with Crippen LogP contribution in [0.3, 0.4) is 0 Å². The van der Waals surface area contributed by atoms with Crippen molar-refractivity contribution in [3.63, 3.8) is 0 Å². The molecular weight excluding hydrogens is 186 g/mol. The van der Waals surface area contributed by atoms with E-state index in [9.17, 15) is 0 Å². The lowest BCUT2D eigenvalue weighted by atomic mass is 9.96. The third-order valence-electron chi connectivity index (χ3n) is 2.80. The Morgan fingerprint density at radius 2 is 2.00 bits per heavy atom. The molecule has 2 nitrogen and oxygen atoms in total. The molecule has 2 heteroatoms. The molecule has 80 valence electrons. The van der Waals surface area contributed by atoms with Crippen molar-refractivity contribution in [1.82, 2.24) is 0 Å². The van der Waals surface area contributed by atoms with Crippen molar-refractivity contribution in [3.8, 4) is 0 Å². The molecule has 1 aromatic carbocycles. The first-order chi connectivity index (χ1) is 7.27. The van der Waals surface area contributed by atoms with Crippen molar-refractivity contribution >= 4 is 0 Å². The van der Waals surface area contributed by atoms with Gasteiger partial charge in [-0.15, -0.1) is 0 Å². The summed E-state index contributed by atoms with van der Waals surface area (Å²) in [4.78, 5) is 0. The number of hydrogen-bond acceptors (Lipinski definition) is 2. The molecule has 0 spiro atoms. The zero-order valence-electron chi connectivity index (χ0n) is 9.07. The molecule has 0 bridgehead atoms. The van der Waals surface area contributed by atoms with Gasteiger partial charge in [0.05, 0.1) is 18.9 Å². The molecule has 0 amide bonds. The Balaban J connectivity index is 2.16. The van der Waals surface area contributed by atoms with Crippen LogP contribution in [0.1, 0.15) is 30.0 Å². The number of benzene rings is 1. The van der Waals surface area contributed by atoms with E-state index in [4.69, 9.17) is 10.5 Å². The zero-order valence-corrected chi connectivity index (χ0v) is 9.07. The lowest BCUT2D eigenvalue weighted by Gasteiger charge is -2.20. The molecule has 1 aliphatic heterocycles. The van der Waals surface area contributed by atoms with E-state index in [0.717, 1.165) is 25.0 Å². The van der Waals surface area contributed by atoms with Crippen LogP contribution in [-0.4, -0.2) is 6.61 Å². The van der Waals surface area contributed by atoms with E-state index in [1.807, 2.05) is 6.26 Å². The zero-order chi connectivity index (χ0) is 10.7. The smallest absolute Gasteiger partial charge is 0.0876 e. The van der Waals surface area contributed by atoms with Crippen molar-refractivity contribution < 1.29 is 4.74 Å². The molecule has 2 rings (SSSR count). The van der Waals surface area contributed by atoms with Crippen LogP contribution >= 0.6 is 0 Å². The molecule has 1 atom stereocenters. The first kappa shape index (κ1) is 10.2. The largest absolute Gasteiger partial charge is 0.501 e. The van der Waals surface area contributed by atoms with Gasteiger partial charge in [0.25, 0.3) is 0 Å². The third kappa shape index (κ3) is 2.39. The molecule has 0 saturated heterocycles. The summed E-state index contributed by atoms with van der Waals surface area (Å²) < 4.78 is 5.31. The molecule has 1 aliphatic rings. The average Bonchev–Trinajstić information content (AvgIpc) is 2.30. The summed E-state index contributed by atoms with van der Waals surface area (Å²) in [5, 5.41) is 0. The predicted octanol–water partition coefficient (Wildman–Crippen LogP) is 2.69. The summed E-state index contributed by atoms with van der Waals surface area (Å²) in [7, 11) is 0. The van der Waals surface area contributed by atoms with E-state index >= 15 is 0 Å². The molecular formula is C13H17NO. The maximum absolute atomic E-state index is 6.17. The maximum Gasteiger partial charge on any atom is 0.0876 e. The van der Waals surface area contributed by atoms with Gasteiger partial charge in [0, 0.05) is 0 Å². The first-order valence-corrected chi connectivity index (χ1v) is 5.40. The minimum Gasteiger partial charge on any atom is -0.501 e. The number of hydrogen-bond donors (Lipinski definition) is 1. The molecule has 1 heterocycles. The van der Waals surface area contributed by atoms with Gasteiger partial charge in [-0.2, -0.15) is 0 Å². The van der Waals surface area contributed by atoms with Crippen LogP contribution in [0.15, 0.2) is 36.1 Å². The van der Waals surface area contributed by atoms with Crippen LogP contribution in [0.5, 0.6) is 0 Å². The van der Waals surface area contributed by atoms with Gasteiger partial charge in [0.15, 0.2) is 0 Å². The van der Waals surface area contributed by atoms with Crippen molar-refractivity contribution in [2.75, 3.05) is 6.61 Å². The van der Waals surface area contributed by atoms with Crippen molar-refractivity contribution in [2.45, 2.75) is 25.8 Å². The van der Waals surface area contributed by atoms with Gasteiger partial charge in [0.1, 0.15) is 0 Å². The van der Waals surface area contributed by atoms with E-state index in [2.05, 4.69) is 31.2 Å². The van der Waals surface area contributed by atoms with E-state index in [-0.39, 0.29) is 6.04 Å². The molecule has 0 saturated carbocycles. The summed E-state index contributed by atoms with van der Waals surface area (Å²) in [5.74, 6) is 0. The van der Waals surface area contributed by atoms with Gasteiger partial charge < -0.3 is 10.5 Å². The van der Waals surface area contributed by atoms with Gasteiger partial charge in [-0.05, 0) is 30.9 Å². The number of ether oxygens (including phenoxy) is 1. The summed E-state index contributed by atoms with van der Waals surface area (Å²) >= 11 is 0. The van der Waals surface area contributed by atoms with Gasteiger partial charge >= 0.3 is 0 Å². The van der Waals surface area contributed by atoms with Gasteiger partial charge in [-0.25, -0.2) is 0 Å². The lowest BCUT2D eigenvalue weighted by Crippen LogP contribution is -2.16. The van der Waals surface area contributed by atoms with Crippen LogP contribution in [0.25, 0.3) is 0 Å². The fraction of sp³-hybridized carbons (Fsp3) is 0.385. The van der Waals surface area contributed by atoms with Crippen LogP contribution in [-0.2, 0) is 4.74 Å². The van der Waals surface area contributed by atoms with Crippen molar-refractivity contribution in [2.24, 2.45) is 5.73 Å². The maximum atomic E-state index is 6.17. The quantitative estimate of drug-likeness (QED) is 0.802. The van der Waals surface area contributed by atoms with Crippen LogP contribution < -0.4 is 5.73 Å². The highest BCUT2D eigenvalue weighted by molar-refractivity contribution is 5.29. The molecule has 0 radical (unpaired) electrons. The summed E-state index contributed by atoms with van der Waals surface area (Å²) in [6, 6.07) is 8.37. The molecule has 0 aliphatic carbocycles. The van der Waals surface area contributed by atoms with E-state index < -0.39 is 0 Å². The molecule has 0 fully saturated rings. The minimum atomic E-state index is -0.00843. The number of rotatable bonds is 2. The van der Waals surface area contributed by atoms with Crippen molar-refractivity contribution in [1.29, 1.82) is 0 Å². The SMILES string of the molecule is Cc1ccc(C(N)C2=COCCC2)cc1. The van der Waals surface area contributed by atoms with E-state index in [1.54, 1.807) is 0 Å². The van der Waals surface area contributed by atoms with Gasteiger partial charge in [0.2, 0.25) is 0 Å². The molecule has 1 aromatic rings. The summed E-state index contributed by atoms with van der Waals surface area (Å²) in [6.07, 6.45) is 3.95. The molecule has 2 N–H and O–H groups in total. The van der Waals surface area contributed by atoms with Crippen LogP contribution in [0.4, 0.5) is 0 Å². The normalized spacial score (nSPS) is 17.9. The summed E-state index contributed by atoms with van der Waals surface area (Å²) in [6.45, 7) is 2.91. The Labute approximate surface area is 90.7 Å². The van der Waals surface area contributed by atoms with Crippen molar-refractivity contribution in [3.05, 3.63) is 47.2 Å². The predicted molar refractivity (Wildman–Crippen MR) is 61.4 cm³/mol. The van der Waals surface area contributed by atoms with E-state index in [0.29, 0.717) is 0 Å². The first-order valence-electron chi connectivity index (χ1n) is 5.40. The second-order valence-corrected chi connectivity index (χ2v) is 4.06. The number of nitrogens with two attached hydrogens (primary N) is 1. The Bertz CT molecular complexity index is 353. The Hall–Kier alpha value is -1.28. The number of aryl methyl sites for hydroxylation is 1. The van der Waals surface area contributed by atoms with Gasteiger partial charge in [-0.1, -0.05) is 29.8 Å². The second kappa shape index (κ2) is 4.49. The van der Waals surface area contributed by atoms with Crippen LogP contribution in [0, 0.1) is 6.92 Å². The molecule has 0 aromatic heterocycles. The highest BCUT2D eigenvalue weighted by Crippen LogP contribution is 2.25. The average molecular weight is 203 g/mol. The fourth-order valence-electron chi connectivity index (χ4n) is 1.80. The highest BCUT2D eigenvalue weighted by Gasteiger charge is 2.14. The standard InChI is InChI=1S/C13H17NO/c1-10-4-6-11(7-5-10)13(14)12-3-2-8-15-9-12/h4-7,9,13H,2-3,8,14H2,1H3. The monoisotopic (exact) mass is 203 g/mol. The Morgan fingerprint density at radius 3 is 2.60 bits per heavy atom. The van der Waals surface area contributed by atoms with Crippen LogP contribution in [0.2, 0.25) is 0 Å². The summed E-state index contributed by atoms with van der Waals surface area (Å²) in [5.41, 5.74) is 9.80. The Kier molecular flexibility index (Phi) is 3.07. The fourth-order valence-corrected chi connectivity index (χ4v) is 1.80. The molecule has 15 heavy (non-hydrogen) atoms. The minimum absolute atomic E-state index is 0.00843. The second-order valence-electron chi connectivity index (χ2n) is 4.06. The highest BCUT2D eigenvalue weighted by atomic mass is 16.5.